The molecule has 2 rings (SSSR count). The zero-order chi connectivity index (χ0) is 8.55. The molecule has 0 aliphatic heterocycles. The van der Waals surface area contributed by atoms with E-state index < -0.39 is 0 Å². The number of benzene rings is 1. The second-order valence-corrected chi connectivity index (χ2v) is 4.14. The Bertz CT molecular complexity index is 292. The second kappa shape index (κ2) is 3.19. The van der Waals surface area contributed by atoms with Crippen LogP contribution in [0, 0.1) is 0 Å². The van der Waals surface area contributed by atoms with E-state index in [1.165, 1.54) is 18.4 Å². The third-order valence-electron chi connectivity index (χ3n) is 2.30. The number of hydrogen-bond donors (Lipinski definition) is 1. The molecule has 0 amide bonds. The van der Waals surface area contributed by atoms with E-state index in [2.05, 4.69) is 28.1 Å². The molecule has 12 heavy (non-hydrogen) atoms. The van der Waals surface area contributed by atoms with Crippen LogP contribution in [0.3, 0.4) is 0 Å². The fourth-order valence-electron chi connectivity index (χ4n) is 1.36. The lowest BCUT2D eigenvalue weighted by atomic mass is 10.1. The molecule has 0 heterocycles. The molecule has 2 heteroatoms. The number of hydrogen-bond acceptors (Lipinski definition) is 1. The summed E-state index contributed by atoms with van der Waals surface area (Å²) in [5, 5.41) is 8.93. The van der Waals surface area contributed by atoms with Crippen molar-refractivity contribution in [1.82, 2.24) is 0 Å². The van der Waals surface area contributed by atoms with Gasteiger partial charge in [0.25, 0.3) is 0 Å². The first kappa shape index (κ1) is 8.27. The summed E-state index contributed by atoms with van der Waals surface area (Å²) in [5.74, 6) is 0.786. The van der Waals surface area contributed by atoms with Crippen molar-refractivity contribution in [3.05, 3.63) is 33.8 Å². The van der Waals surface area contributed by atoms with Crippen molar-refractivity contribution < 1.29 is 5.11 Å². The zero-order valence-corrected chi connectivity index (χ0v) is 8.34. The summed E-state index contributed by atoms with van der Waals surface area (Å²) in [6.45, 7) is 0.117. The largest absolute Gasteiger partial charge is 0.392 e. The lowest BCUT2D eigenvalue weighted by Gasteiger charge is -2.03. The predicted octanol–water partition coefficient (Wildman–Crippen LogP) is 2.82. The van der Waals surface area contributed by atoms with Crippen molar-refractivity contribution in [2.75, 3.05) is 0 Å². The topological polar surface area (TPSA) is 20.2 Å². The van der Waals surface area contributed by atoms with Crippen LogP contribution in [0.15, 0.2) is 22.7 Å². The molecule has 1 nitrogen and oxygen atoms in total. The summed E-state index contributed by atoms with van der Waals surface area (Å²) < 4.78 is 1.04. The van der Waals surface area contributed by atoms with Gasteiger partial charge >= 0.3 is 0 Å². The van der Waals surface area contributed by atoms with Crippen molar-refractivity contribution in [3.63, 3.8) is 0 Å². The number of aliphatic hydroxyl groups is 1. The summed E-state index contributed by atoms with van der Waals surface area (Å²) in [5.41, 5.74) is 2.37. The van der Waals surface area contributed by atoms with Crippen molar-refractivity contribution in [3.8, 4) is 0 Å². The Labute approximate surface area is 80.5 Å². The van der Waals surface area contributed by atoms with Crippen LogP contribution >= 0.6 is 15.9 Å². The Morgan fingerprint density at radius 1 is 1.42 bits per heavy atom. The Morgan fingerprint density at radius 3 is 2.67 bits per heavy atom. The zero-order valence-electron chi connectivity index (χ0n) is 6.76. The van der Waals surface area contributed by atoms with Gasteiger partial charge in [-0.15, -0.1) is 0 Å². The van der Waals surface area contributed by atoms with E-state index >= 15 is 0 Å². The average molecular weight is 227 g/mol. The van der Waals surface area contributed by atoms with Crippen molar-refractivity contribution >= 4 is 15.9 Å². The van der Waals surface area contributed by atoms with E-state index in [1.54, 1.807) is 0 Å². The third kappa shape index (κ3) is 1.54. The molecule has 1 aliphatic carbocycles. The van der Waals surface area contributed by atoms with Gasteiger partial charge in [-0.3, -0.25) is 0 Å². The van der Waals surface area contributed by atoms with Crippen LogP contribution in [-0.4, -0.2) is 5.11 Å². The summed E-state index contributed by atoms with van der Waals surface area (Å²) in [6.07, 6.45) is 2.65. The maximum atomic E-state index is 8.93. The van der Waals surface area contributed by atoms with Gasteiger partial charge in [-0.2, -0.15) is 0 Å². The minimum atomic E-state index is 0.117. The number of halogens is 1. The highest BCUT2D eigenvalue weighted by Crippen LogP contribution is 2.41. The van der Waals surface area contributed by atoms with Gasteiger partial charge in [-0.1, -0.05) is 28.1 Å². The van der Waals surface area contributed by atoms with Gasteiger partial charge in [0, 0.05) is 4.47 Å². The monoisotopic (exact) mass is 226 g/mol. The minimum Gasteiger partial charge on any atom is -0.392 e. The van der Waals surface area contributed by atoms with Crippen LogP contribution in [0.2, 0.25) is 0 Å². The van der Waals surface area contributed by atoms with E-state index in [0.29, 0.717) is 0 Å². The molecule has 1 saturated carbocycles. The van der Waals surface area contributed by atoms with E-state index in [1.807, 2.05) is 6.07 Å². The standard InChI is InChI=1S/C10H11BrO/c11-10-5-8(7-1-2-7)3-4-9(10)6-12/h3-5,7,12H,1-2,6H2. The first-order chi connectivity index (χ1) is 5.81. The summed E-state index contributed by atoms with van der Waals surface area (Å²) in [6, 6.07) is 6.24. The fourth-order valence-corrected chi connectivity index (χ4v) is 1.88. The van der Waals surface area contributed by atoms with Crippen LogP contribution < -0.4 is 0 Å². The highest BCUT2D eigenvalue weighted by Gasteiger charge is 2.23. The Balaban J connectivity index is 2.30. The van der Waals surface area contributed by atoms with Crippen LogP contribution in [0.5, 0.6) is 0 Å². The molecule has 0 radical (unpaired) electrons. The molecule has 1 N–H and O–H groups in total. The minimum absolute atomic E-state index is 0.117. The van der Waals surface area contributed by atoms with Crippen LogP contribution in [0.1, 0.15) is 29.9 Å². The molecule has 1 fully saturated rings. The predicted molar refractivity (Wildman–Crippen MR) is 52.0 cm³/mol. The molecule has 0 aromatic heterocycles. The van der Waals surface area contributed by atoms with Gasteiger partial charge in [0.1, 0.15) is 0 Å². The quantitative estimate of drug-likeness (QED) is 0.823. The second-order valence-electron chi connectivity index (χ2n) is 3.28. The van der Waals surface area contributed by atoms with E-state index in [-0.39, 0.29) is 6.61 Å². The highest BCUT2D eigenvalue weighted by molar-refractivity contribution is 9.10. The van der Waals surface area contributed by atoms with E-state index in [0.717, 1.165) is 16.0 Å². The van der Waals surface area contributed by atoms with E-state index in [4.69, 9.17) is 5.11 Å². The first-order valence-corrected chi connectivity index (χ1v) is 4.99. The summed E-state index contributed by atoms with van der Waals surface area (Å²) >= 11 is 3.44. The van der Waals surface area contributed by atoms with Crippen LogP contribution in [-0.2, 0) is 6.61 Å². The lowest BCUT2D eigenvalue weighted by molar-refractivity contribution is 0.281. The smallest absolute Gasteiger partial charge is 0.0692 e. The Morgan fingerprint density at radius 2 is 2.17 bits per heavy atom. The molecule has 1 aromatic carbocycles. The molecule has 0 saturated heterocycles. The molecule has 1 aliphatic rings. The first-order valence-electron chi connectivity index (χ1n) is 4.20. The van der Waals surface area contributed by atoms with Gasteiger partial charge < -0.3 is 5.11 Å². The molecule has 0 bridgehead atoms. The van der Waals surface area contributed by atoms with Crippen LogP contribution in [0.25, 0.3) is 0 Å². The molecule has 0 spiro atoms. The van der Waals surface area contributed by atoms with Gasteiger partial charge in [-0.25, -0.2) is 0 Å². The van der Waals surface area contributed by atoms with Gasteiger partial charge in [0.05, 0.1) is 6.61 Å². The number of aliphatic hydroxyl groups excluding tert-OH is 1. The lowest BCUT2D eigenvalue weighted by Crippen LogP contribution is -1.87. The molecule has 1 aromatic rings. The normalized spacial score (nSPS) is 16.5. The van der Waals surface area contributed by atoms with Crippen molar-refractivity contribution in [2.45, 2.75) is 25.4 Å². The third-order valence-corrected chi connectivity index (χ3v) is 3.03. The molecule has 0 unspecified atom stereocenters. The summed E-state index contributed by atoms with van der Waals surface area (Å²) in [4.78, 5) is 0. The highest BCUT2D eigenvalue weighted by atomic mass is 79.9. The molecular formula is C10H11BrO. The van der Waals surface area contributed by atoms with Crippen molar-refractivity contribution in [2.24, 2.45) is 0 Å². The Kier molecular flexibility index (Phi) is 2.20. The van der Waals surface area contributed by atoms with E-state index in [9.17, 15) is 0 Å². The van der Waals surface area contributed by atoms with Gasteiger partial charge in [-0.05, 0) is 36.0 Å². The number of rotatable bonds is 2. The fraction of sp³-hybridized carbons (Fsp3) is 0.400. The molecule has 0 atom stereocenters. The van der Waals surface area contributed by atoms with Crippen molar-refractivity contribution in [1.29, 1.82) is 0 Å². The van der Waals surface area contributed by atoms with Crippen LogP contribution in [0.4, 0.5) is 0 Å². The average Bonchev–Trinajstić information content (AvgIpc) is 2.86. The maximum Gasteiger partial charge on any atom is 0.0692 e. The van der Waals surface area contributed by atoms with Gasteiger partial charge in [0.2, 0.25) is 0 Å². The van der Waals surface area contributed by atoms with Gasteiger partial charge in [0.15, 0.2) is 0 Å². The SMILES string of the molecule is OCc1ccc(C2CC2)cc1Br. The maximum absolute atomic E-state index is 8.93. The Hall–Kier alpha value is -0.340. The molecular weight excluding hydrogens is 216 g/mol. The summed E-state index contributed by atoms with van der Waals surface area (Å²) in [7, 11) is 0. The molecule has 64 valence electrons.